The zero-order chi connectivity index (χ0) is 24.0. The molecule has 1 fully saturated rings. The minimum atomic E-state index is -0.274. The molecule has 2 aromatic heterocycles. The van der Waals surface area contributed by atoms with Gasteiger partial charge in [-0.1, -0.05) is 0 Å². The molecule has 3 rings (SSSR count). The molecule has 8 nitrogen and oxygen atoms in total. The van der Waals surface area contributed by atoms with Crippen LogP contribution in [0.4, 0.5) is 0 Å². The van der Waals surface area contributed by atoms with Gasteiger partial charge in [-0.15, -0.1) is 0 Å². The van der Waals surface area contributed by atoms with E-state index < -0.39 is 0 Å². The highest BCUT2D eigenvalue weighted by molar-refractivity contribution is 6.02. The van der Waals surface area contributed by atoms with Gasteiger partial charge >= 0.3 is 0 Å². The Balaban J connectivity index is 1.65. The Morgan fingerprint density at radius 3 is 2.70 bits per heavy atom. The number of rotatable bonds is 7. The molecule has 2 amide bonds. The number of pyridine rings is 1. The molecule has 2 aromatic rings. The highest BCUT2D eigenvalue weighted by Crippen LogP contribution is 2.24. The normalized spacial score (nSPS) is 15.7. The fraction of sp³-hybridized carbons (Fsp3) is 0.440. The first-order valence-electron chi connectivity index (χ1n) is 11.1. The number of piperidine rings is 1. The van der Waals surface area contributed by atoms with Crippen molar-refractivity contribution in [3.8, 4) is 6.07 Å². The van der Waals surface area contributed by atoms with Crippen molar-refractivity contribution in [1.29, 1.82) is 5.26 Å². The van der Waals surface area contributed by atoms with Crippen LogP contribution in [0.25, 0.3) is 6.08 Å². The van der Waals surface area contributed by atoms with Gasteiger partial charge in [0.05, 0.1) is 18.2 Å². The second-order valence-electron chi connectivity index (χ2n) is 8.45. The summed E-state index contributed by atoms with van der Waals surface area (Å²) in [6, 6.07) is 7.65. The van der Waals surface area contributed by atoms with E-state index >= 15 is 0 Å². The zero-order valence-corrected chi connectivity index (χ0v) is 19.7. The van der Waals surface area contributed by atoms with Gasteiger partial charge in [-0.2, -0.15) is 5.26 Å². The number of nitrogens with one attached hydrogen (secondary N) is 1. The number of amides is 2. The number of hydrogen-bond acceptors (Lipinski definition) is 5. The fourth-order valence-electron chi connectivity index (χ4n) is 4.40. The van der Waals surface area contributed by atoms with Crippen molar-refractivity contribution in [3.05, 3.63) is 58.7 Å². The molecule has 0 aromatic carbocycles. The zero-order valence-electron chi connectivity index (χ0n) is 19.7. The number of hydrogen-bond donors (Lipinski definition) is 1. The van der Waals surface area contributed by atoms with Gasteiger partial charge in [0.15, 0.2) is 0 Å². The quantitative estimate of drug-likeness (QED) is 0.517. The Labute approximate surface area is 194 Å². The number of aryl methyl sites for hydroxylation is 1. The lowest BCUT2D eigenvalue weighted by atomic mass is 10.0. The smallest absolute Gasteiger partial charge is 0.264 e. The van der Waals surface area contributed by atoms with Crippen LogP contribution >= 0.6 is 0 Å². The van der Waals surface area contributed by atoms with E-state index in [1.807, 2.05) is 19.9 Å². The molecule has 3 heterocycles. The molecule has 1 unspecified atom stereocenters. The maximum atomic E-state index is 13.0. The van der Waals surface area contributed by atoms with Crippen molar-refractivity contribution < 1.29 is 14.3 Å². The summed E-state index contributed by atoms with van der Waals surface area (Å²) in [4.78, 5) is 31.0. The molecule has 0 saturated carbocycles. The van der Waals surface area contributed by atoms with E-state index in [0.29, 0.717) is 38.1 Å². The Kier molecular flexibility index (Phi) is 8.01. The lowest BCUT2D eigenvalue weighted by Gasteiger charge is -2.32. The number of nitrogens with zero attached hydrogens (tertiary/aromatic N) is 4. The van der Waals surface area contributed by atoms with E-state index in [1.54, 1.807) is 36.4 Å². The minimum absolute atomic E-state index is 0.0162. The van der Waals surface area contributed by atoms with Crippen LogP contribution in [-0.2, 0) is 9.53 Å². The number of aromatic nitrogens is 2. The standard InChI is InChI=1S/C25H31N5O3/c1-17-12-21(19(3)30(17)18(2)16-33-4)13-22(14-26)25(32)29-10-7-23(8-11-29)28-24(31)20-6-5-9-27-15-20/h5-6,9,12-13,15,18,23H,7-8,10-11,16H2,1-4H3,(H,28,31)/b22-13-. The molecule has 0 radical (unpaired) electrons. The third kappa shape index (κ3) is 5.68. The van der Waals surface area contributed by atoms with E-state index in [-0.39, 0.29) is 29.5 Å². The summed E-state index contributed by atoms with van der Waals surface area (Å²) >= 11 is 0. The lowest BCUT2D eigenvalue weighted by Crippen LogP contribution is -2.46. The third-order valence-electron chi connectivity index (χ3n) is 6.06. The fourth-order valence-corrected chi connectivity index (χ4v) is 4.40. The first kappa shape index (κ1) is 24.2. The van der Waals surface area contributed by atoms with Gasteiger partial charge in [0.25, 0.3) is 11.8 Å². The number of ether oxygens (including phenoxy) is 1. The van der Waals surface area contributed by atoms with E-state index in [2.05, 4.69) is 27.9 Å². The topological polar surface area (TPSA) is 100 Å². The number of carbonyl (C=O) groups is 2. The Morgan fingerprint density at radius 2 is 2.09 bits per heavy atom. The molecule has 0 aliphatic carbocycles. The predicted molar refractivity (Wildman–Crippen MR) is 125 cm³/mol. The average Bonchev–Trinajstić information content (AvgIpc) is 3.10. The molecule has 174 valence electrons. The molecule has 1 aliphatic rings. The van der Waals surface area contributed by atoms with Crippen LogP contribution in [0.5, 0.6) is 0 Å². The maximum Gasteiger partial charge on any atom is 0.264 e. The second kappa shape index (κ2) is 10.9. The summed E-state index contributed by atoms with van der Waals surface area (Å²) in [5.41, 5.74) is 3.54. The van der Waals surface area contributed by atoms with Gasteiger partial charge in [-0.25, -0.2) is 0 Å². The molecular formula is C25H31N5O3. The number of carbonyl (C=O) groups excluding carboxylic acids is 2. The van der Waals surface area contributed by atoms with Gasteiger partial charge in [0.1, 0.15) is 11.6 Å². The molecule has 1 aliphatic heterocycles. The number of nitriles is 1. The molecule has 1 atom stereocenters. The van der Waals surface area contributed by atoms with Crippen LogP contribution in [0, 0.1) is 25.2 Å². The summed E-state index contributed by atoms with van der Waals surface area (Å²) in [7, 11) is 1.67. The maximum absolute atomic E-state index is 13.0. The van der Waals surface area contributed by atoms with Crippen LogP contribution < -0.4 is 5.32 Å². The van der Waals surface area contributed by atoms with E-state index in [4.69, 9.17) is 4.74 Å². The molecule has 0 spiro atoms. The summed E-state index contributed by atoms with van der Waals surface area (Å²) < 4.78 is 7.43. The van der Waals surface area contributed by atoms with Crippen molar-refractivity contribution >= 4 is 17.9 Å². The van der Waals surface area contributed by atoms with Crippen LogP contribution in [-0.4, -0.2) is 59.1 Å². The van der Waals surface area contributed by atoms with Gasteiger partial charge < -0.3 is 19.5 Å². The first-order chi connectivity index (χ1) is 15.8. The summed E-state index contributed by atoms with van der Waals surface area (Å²) in [5.74, 6) is -0.437. The molecular weight excluding hydrogens is 418 g/mol. The van der Waals surface area contributed by atoms with E-state index in [1.165, 1.54) is 6.20 Å². The SMILES string of the molecule is COCC(C)n1c(C)cc(/C=C(/C#N)C(=O)N2CCC(NC(=O)c3cccnc3)CC2)c1C. The van der Waals surface area contributed by atoms with Crippen molar-refractivity contribution in [3.63, 3.8) is 0 Å². The Hall–Kier alpha value is -3.44. The summed E-state index contributed by atoms with van der Waals surface area (Å²) in [6.07, 6.45) is 6.11. The number of likely N-dealkylation sites (tertiary alicyclic amines) is 1. The second-order valence-corrected chi connectivity index (χ2v) is 8.45. The molecule has 0 bridgehead atoms. The first-order valence-corrected chi connectivity index (χ1v) is 11.1. The van der Waals surface area contributed by atoms with Crippen LogP contribution in [0.3, 0.4) is 0 Å². The molecule has 1 saturated heterocycles. The van der Waals surface area contributed by atoms with Gasteiger partial charge in [0.2, 0.25) is 0 Å². The largest absolute Gasteiger partial charge is 0.383 e. The predicted octanol–water partition coefficient (Wildman–Crippen LogP) is 3.04. The van der Waals surface area contributed by atoms with Crippen molar-refractivity contribution in [2.75, 3.05) is 26.8 Å². The summed E-state index contributed by atoms with van der Waals surface area (Å²) in [6.45, 7) is 7.62. The highest BCUT2D eigenvalue weighted by atomic mass is 16.5. The number of methoxy groups -OCH3 is 1. The van der Waals surface area contributed by atoms with Gasteiger partial charge in [-0.05, 0) is 63.5 Å². The van der Waals surface area contributed by atoms with Gasteiger partial charge in [-0.3, -0.25) is 14.6 Å². The lowest BCUT2D eigenvalue weighted by molar-refractivity contribution is -0.127. The van der Waals surface area contributed by atoms with Crippen LogP contribution in [0.2, 0.25) is 0 Å². The van der Waals surface area contributed by atoms with E-state index in [0.717, 1.165) is 17.0 Å². The molecule has 1 N–H and O–H groups in total. The third-order valence-corrected chi connectivity index (χ3v) is 6.06. The monoisotopic (exact) mass is 449 g/mol. The Morgan fingerprint density at radius 1 is 1.36 bits per heavy atom. The summed E-state index contributed by atoms with van der Waals surface area (Å²) in [5, 5.41) is 12.7. The highest BCUT2D eigenvalue weighted by Gasteiger charge is 2.26. The minimum Gasteiger partial charge on any atom is -0.383 e. The van der Waals surface area contributed by atoms with Crippen LogP contribution in [0.1, 0.15) is 53.1 Å². The Bertz CT molecular complexity index is 1060. The van der Waals surface area contributed by atoms with Crippen molar-refractivity contribution in [1.82, 2.24) is 19.8 Å². The van der Waals surface area contributed by atoms with Crippen molar-refractivity contribution in [2.45, 2.75) is 45.7 Å². The molecule has 33 heavy (non-hydrogen) atoms. The average molecular weight is 450 g/mol. The van der Waals surface area contributed by atoms with Gasteiger partial charge in [0, 0.05) is 50.0 Å². The molecule has 8 heteroatoms. The van der Waals surface area contributed by atoms with Crippen molar-refractivity contribution in [2.24, 2.45) is 0 Å². The van der Waals surface area contributed by atoms with E-state index in [9.17, 15) is 14.9 Å². The van der Waals surface area contributed by atoms with Crippen LogP contribution in [0.15, 0.2) is 36.2 Å².